The Hall–Kier alpha value is -2.64. The van der Waals surface area contributed by atoms with Gasteiger partial charge < -0.3 is 10.1 Å². The van der Waals surface area contributed by atoms with Crippen molar-refractivity contribution in [2.75, 3.05) is 25.5 Å². The summed E-state index contributed by atoms with van der Waals surface area (Å²) >= 11 is 1.39. The van der Waals surface area contributed by atoms with Crippen LogP contribution in [0.2, 0.25) is 0 Å². The smallest absolute Gasteiger partial charge is 0.230 e. The van der Waals surface area contributed by atoms with Crippen LogP contribution in [0, 0.1) is 5.92 Å². The van der Waals surface area contributed by atoms with Crippen molar-refractivity contribution < 1.29 is 9.53 Å². The van der Waals surface area contributed by atoms with E-state index in [-0.39, 0.29) is 5.91 Å². The van der Waals surface area contributed by atoms with Crippen LogP contribution in [-0.4, -0.2) is 46.2 Å². The highest BCUT2D eigenvalue weighted by atomic mass is 32.2. The molecule has 1 N–H and O–H groups in total. The van der Waals surface area contributed by atoms with Crippen LogP contribution in [0.3, 0.4) is 0 Å². The number of nitrogens with one attached hydrogen (secondary N) is 1. The number of para-hydroxylation sites is 1. The zero-order valence-electron chi connectivity index (χ0n) is 16.9. The van der Waals surface area contributed by atoms with E-state index in [0.29, 0.717) is 24.1 Å². The van der Waals surface area contributed by atoms with Crippen molar-refractivity contribution in [3.05, 3.63) is 60.7 Å². The van der Waals surface area contributed by atoms with Crippen molar-refractivity contribution in [3.63, 3.8) is 0 Å². The number of hydrogen-bond donors (Lipinski definition) is 1. The van der Waals surface area contributed by atoms with E-state index in [2.05, 4.69) is 15.5 Å². The number of ether oxygens (including phenoxy) is 1. The lowest BCUT2D eigenvalue weighted by Crippen LogP contribution is -2.27. The predicted octanol–water partition coefficient (Wildman–Crippen LogP) is 3.96. The van der Waals surface area contributed by atoms with Crippen LogP contribution < -0.4 is 5.32 Å². The number of carbonyl (C=O) groups is 1. The number of hydrogen-bond acceptors (Lipinski definition) is 5. The third-order valence-electron chi connectivity index (χ3n) is 4.85. The minimum Gasteiger partial charge on any atom is -0.381 e. The first-order valence-corrected chi connectivity index (χ1v) is 11.3. The monoisotopic (exact) mass is 422 g/mol. The van der Waals surface area contributed by atoms with Gasteiger partial charge in [0.1, 0.15) is 0 Å². The minimum absolute atomic E-state index is 0.00827. The second kappa shape index (κ2) is 10.4. The summed E-state index contributed by atoms with van der Waals surface area (Å²) in [6.45, 7) is 2.19. The van der Waals surface area contributed by atoms with E-state index in [1.54, 1.807) is 0 Å². The zero-order chi connectivity index (χ0) is 20.6. The van der Waals surface area contributed by atoms with Crippen LogP contribution >= 0.6 is 11.8 Å². The van der Waals surface area contributed by atoms with E-state index in [1.807, 2.05) is 65.2 Å². The Morgan fingerprint density at radius 1 is 1.07 bits per heavy atom. The second-order valence-corrected chi connectivity index (χ2v) is 8.30. The average molecular weight is 423 g/mol. The van der Waals surface area contributed by atoms with E-state index in [4.69, 9.17) is 4.74 Å². The summed E-state index contributed by atoms with van der Waals surface area (Å²) in [4.78, 5) is 12.3. The molecule has 2 aromatic carbocycles. The first kappa shape index (κ1) is 20.6. The van der Waals surface area contributed by atoms with Crippen molar-refractivity contribution in [1.29, 1.82) is 0 Å². The SMILES string of the molecule is O=C(CSc1nnc(-c2ccccc2)n1-c1ccccc1)NCCCOCC1CC1. The average Bonchev–Trinajstić information content (AvgIpc) is 3.52. The van der Waals surface area contributed by atoms with Crippen LogP contribution in [-0.2, 0) is 9.53 Å². The summed E-state index contributed by atoms with van der Waals surface area (Å²) in [5, 5.41) is 12.4. The molecule has 0 radical (unpaired) electrons. The van der Waals surface area contributed by atoms with Crippen molar-refractivity contribution >= 4 is 17.7 Å². The van der Waals surface area contributed by atoms with E-state index in [9.17, 15) is 4.79 Å². The standard InChI is InChI=1S/C23H26N4O2S/c28-21(24-14-7-15-29-16-18-12-13-18)17-30-23-26-25-22(19-8-3-1-4-9-19)27(23)20-10-5-2-6-11-20/h1-6,8-11,18H,7,12-17H2,(H,24,28). The second-order valence-electron chi connectivity index (χ2n) is 7.35. The van der Waals surface area contributed by atoms with Gasteiger partial charge in [0.15, 0.2) is 11.0 Å². The fourth-order valence-corrected chi connectivity index (χ4v) is 3.85. The Morgan fingerprint density at radius 3 is 2.53 bits per heavy atom. The number of nitrogens with zero attached hydrogens (tertiary/aromatic N) is 3. The normalized spacial score (nSPS) is 13.3. The fraction of sp³-hybridized carbons (Fsp3) is 0.348. The minimum atomic E-state index is -0.00827. The van der Waals surface area contributed by atoms with Crippen LogP contribution in [0.15, 0.2) is 65.8 Å². The molecule has 0 unspecified atom stereocenters. The number of benzene rings is 2. The van der Waals surface area contributed by atoms with Gasteiger partial charge in [-0.05, 0) is 37.3 Å². The summed E-state index contributed by atoms with van der Waals surface area (Å²) in [5.41, 5.74) is 1.95. The Morgan fingerprint density at radius 2 is 1.80 bits per heavy atom. The molecule has 3 aromatic rings. The van der Waals surface area contributed by atoms with E-state index in [0.717, 1.165) is 36.0 Å². The molecule has 0 saturated heterocycles. The molecule has 6 nitrogen and oxygen atoms in total. The third-order valence-corrected chi connectivity index (χ3v) is 5.78. The van der Waals surface area contributed by atoms with Crippen LogP contribution in [0.4, 0.5) is 0 Å². The number of carbonyl (C=O) groups excluding carboxylic acids is 1. The van der Waals surface area contributed by atoms with Crippen molar-refractivity contribution in [3.8, 4) is 17.1 Å². The van der Waals surface area contributed by atoms with Gasteiger partial charge in [-0.3, -0.25) is 9.36 Å². The Kier molecular flexibility index (Phi) is 7.16. The van der Waals surface area contributed by atoms with Crippen LogP contribution in [0.25, 0.3) is 17.1 Å². The molecule has 30 heavy (non-hydrogen) atoms. The third kappa shape index (κ3) is 5.70. The first-order chi connectivity index (χ1) is 14.8. The maximum absolute atomic E-state index is 12.3. The Balaban J connectivity index is 1.35. The van der Waals surface area contributed by atoms with E-state index < -0.39 is 0 Å². The lowest BCUT2D eigenvalue weighted by atomic mass is 10.2. The molecule has 0 aliphatic heterocycles. The molecule has 1 heterocycles. The molecule has 1 aliphatic carbocycles. The summed E-state index contributed by atoms with van der Waals surface area (Å²) in [6, 6.07) is 19.9. The largest absolute Gasteiger partial charge is 0.381 e. The van der Waals surface area contributed by atoms with Gasteiger partial charge in [-0.15, -0.1) is 10.2 Å². The van der Waals surface area contributed by atoms with Gasteiger partial charge in [0, 0.05) is 31.0 Å². The van der Waals surface area contributed by atoms with Crippen LogP contribution in [0.5, 0.6) is 0 Å². The van der Waals surface area contributed by atoms with Crippen molar-refractivity contribution in [1.82, 2.24) is 20.1 Å². The van der Waals surface area contributed by atoms with Gasteiger partial charge in [-0.2, -0.15) is 0 Å². The van der Waals surface area contributed by atoms with Gasteiger partial charge in [-0.25, -0.2) is 0 Å². The van der Waals surface area contributed by atoms with Gasteiger partial charge >= 0.3 is 0 Å². The topological polar surface area (TPSA) is 69.0 Å². The highest BCUT2D eigenvalue weighted by Gasteiger charge is 2.21. The molecule has 1 aromatic heterocycles. The van der Waals surface area contributed by atoms with Gasteiger partial charge in [0.05, 0.1) is 5.75 Å². The quantitative estimate of drug-likeness (QED) is 0.374. The fourth-order valence-electron chi connectivity index (χ4n) is 3.07. The summed E-state index contributed by atoms with van der Waals surface area (Å²) in [5.74, 6) is 1.82. The molecule has 0 bridgehead atoms. The van der Waals surface area contributed by atoms with Crippen LogP contribution in [0.1, 0.15) is 19.3 Å². The maximum atomic E-state index is 12.3. The zero-order valence-corrected chi connectivity index (χ0v) is 17.7. The maximum Gasteiger partial charge on any atom is 0.230 e. The van der Waals surface area contributed by atoms with Gasteiger partial charge in [0.2, 0.25) is 5.91 Å². The Labute approximate surface area is 181 Å². The Bertz CT molecular complexity index is 942. The van der Waals surface area contributed by atoms with Crippen molar-refractivity contribution in [2.45, 2.75) is 24.4 Å². The molecule has 156 valence electrons. The first-order valence-electron chi connectivity index (χ1n) is 10.3. The summed E-state index contributed by atoms with van der Waals surface area (Å²) < 4.78 is 7.60. The number of aromatic nitrogens is 3. The lowest BCUT2D eigenvalue weighted by Gasteiger charge is -2.10. The van der Waals surface area contributed by atoms with Gasteiger partial charge in [-0.1, -0.05) is 60.3 Å². The predicted molar refractivity (Wildman–Crippen MR) is 119 cm³/mol. The number of rotatable bonds is 11. The van der Waals surface area contributed by atoms with E-state index >= 15 is 0 Å². The van der Waals surface area contributed by atoms with Gasteiger partial charge in [0.25, 0.3) is 0 Å². The molecule has 1 saturated carbocycles. The number of thioether (sulfide) groups is 1. The summed E-state index contributed by atoms with van der Waals surface area (Å²) in [7, 11) is 0. The molecule has 4 rings (SSSR count). The van der Waals surface area contributed by atoms with E-state index in [1.165, 1.54) is 24.6 Å². The highest BCUT2D eigenvalue weighted by Crippen LogP contribution is 2.29. The molecule has 7 heteroatoms. The molecule has 1 fully saturated rings. The van der Waals surface area contributed by atoms with Crippen molar-refractivity contribution in [2.24, 2.45) is 5.92 Å². The molecule has 1 aliphatic rings. The molecular weight excluding hydrogens is 396 g/mol. The molecule has 1 amide bonds. The highest BCUT2D eigenvalue weighted by molar-refractivity contribution is 7.99. The molecule has 0 spiro atoms. The summed E-state index contributed by atoms with van der Waals surface area (Å²) in [6.07, 6.45) is 3.43. The lowest BCUT2D eigenvalue weighted by molar-refractivity contribution is -0.118. The molecule has 0 atom stereocenters. The number of amides is 1. The molecular formula is C23H26N4O2S.